The maximum absolute atomic E-state index is 13.1. The van der Waals surface area contributed by atoms with Gasteiger partial charge in [0.2, 0.25) is 0 Å². The summed E-state index contributed by atoms with van der Waals surface area (Å²) < 4.78 is 4.96. The quantitative estimate of drug-likeness (QED) is 0.480. The molecule has 4 rings (SSSR count). The Hall–Kier alpha value is -3.78. The van der Waals surface area contributed by atoms with E-state index in [9.17, 15) is 14.4 Å². The van der Waals surface area contributed by atoms with Crippen molar-refractivity contribution in [3.63, 3.8) is 0 Å². The van der Waals surface area contributed by atoms with Gasteiger partial charge in [0.15, 0.2) is 0 Å². The Labute approximate surface area is 196 Å². The van der Waals surface area contributed by atoms with E-state index in [2.05, 4.69) is 10.6 Å². The highest BCUT2D eigenvalue weighted by Crippen LogP contribution is 2.42. The van der Waals surface area contributed by atoms with Crippen LogP contribution in [0.25, 0.3) is 0 Å². The van der Waals surface area contributed by atoms with Gasteiger partial charge in [-0.2, -0.15) is 0 Å². The van der Waals surface area contributed by atoms with E-state index in [0.717, 1.165) is 15.5 Å². The van der Waals surface area contributed by atoms with Gasteiger partial charge in [-0.3, -0.25) is 4.79 Å². The van der Waals surface area contributed by atoms with Crippen LogP contribution in [-0.2, 0) is 4.74 Å². The van der Waals surface area contributed by atoms with Gasteiger partial charge >= 0.3 is 12.0 Å². The lowest BCUT2D eigenvalue weighted by Gasteiger charge is -2.22. The topological polar surface area (TPSA) is 87.7 Å². The smallest absolute Gasteiger partial charge is 0.338 e. The number of carbonyl (C=O) groups is 3. The summed E-state index contributed by atoms with van der Waals surface area (Å²) in [6.07, 6.45) is 0. The number of hydrogen-bond acceptors (Lipinski definition) is 5. The van der Waals surface area contributed by atoms with Gasteiger partial charge in [-0.25, -0.2) is 9.59 Å². The number of esters is 1. The van der Waals surface area contributed by atoms with Crippen molar-refractivity contribution in [2.45, 2.75) is 23.6 Å². The Morgan fingerprint density at radius 1 is 0.909 bits per heavy atom. The molecule has 0 bridgehead atoms. The Morgan fingerprint density at radius 2 is 1.61 bits per heavy atom. The second-order valence-electron chi connectivity index (χ2n) is 7.21. The number of nitrogens with one attached hydrogen (secondary N) is 2. The van der Waals surface area contributed by atoms with Gasteiger partial charge in [-0.1, -0.05) is 23.9 Å². The lowest BCUT2D eigenvalue weighted by molar-refractivity contribution is 0.0526. The molecule has 0 radical (unpaired) electrons. The molecule has 2 N–H and O–H groups in total. The van der Waals surface area contributed by atoms with E-state index in [0.29, 0.717) is 35.7 Å². The van der Waals surface area contributed by atoms with Gasteiger partial charge in [-0.05, 0) is 68.4 Å². The van der Waals surface area contributed by atoms with Gasteiger partial charge in [0.05, 0.1) is 23.4 Å². The van der Waals surface area contributed by atoms with Crippen LogP contribution in [0.15, 0.2) is 76.5 Å². The Bertz CT molecular complexity index is 1210. The third kappa shape index (κ3) is 4.85. The molecule has 7 nitrogen and oxygen atoms in total. The standard InChI is InChI=1S/C25H23N3O4S/c1-3-28-20-15-18(13-14-22(20)33-21-8-6-5-7-19(21)23(28)29)27-25(31)26-17-11-9-16(10-12-17)24(30)32-4-2/h5-15H,3-4H2,1-2H3,(H2,26,27,31). The second kappa shape index (κ2) is 9.79. The molecule has 0 unspecified atom stereocenters. The zero-order chi connectivity index (χ0) is 23.4. The molecule has 0 spiro atoms. The number of hydrogen-bond donors (Lipinski definition) is 2. The maximum Gasteiger partial charge on any atom is 0.338 e. The zero-order valence-corrected chi connectivity index (χ0v) is 19.1. The molecule has 0 aliphatic carbocycles. The van der Waals surface area contributed by atoms with E-state index in [1.807, 2.05) is 43.3 Å². The zero-order valence-electron chi connectivity index (χ0n) is 18.3. The number of carbonyl (C=O) groups excluding carboxylic acids is 3. The van der Waals surface area contributed by atoms with Crippen molar-refractivity contribution in [1.29, 1.82) is 0 Å². The predicted octanol–water partition coefficient (Wildman–Crippen LogP) is 5.64. The van der Waals surface area contributed by atoms with Crippen LogP contribution < -0.4 is 15.5 Å². The summed E-state index contributed by atoms with van der Waals surface area (Å²) in [6, 6.07) is 19.1. The second-order valence-corrected chi connectivity index (χ2v) is 8.29. The van der Waals surface area contributed by atoms with Crippen molar-refractivity contribution < 1.29 is 19.1 Å². The van der Waals surface area contributed by atoms with Crippen LogP contribution in [0.2, 0.25) is 0 Å². The maximum atomic E-state index is 13.1. The fraction of sp³-hybridized carbons (Fsp3) is 0.160. The van der Waals surface area contributed by atoms with Crippen LogP contribution in [0.3, 0.4) is 0 Å². The van der Waals surface area contributed by atoms with Crippen LogP contribution in [0.4, 0.5) is 21.9 Å². The van der Waals surface area contributed by atoms with Crippen LogP contribution in [0.5, 0.6) is 0 Å². The molecular weight excluding hydrogens is 438 g/mol. The van der Waals surface area contributed by atoms with Crippen LogP contribution in [-0.4, -0.2) is 31.1 Å². The Morgan fingerprint density at radius 3 is 2.33 bits per heavy atom. The average Bonchev–Trinajstić information content (AvgIpc) is 2.93. The largest absolute Gasteiger partial charge is 0.462 e. The molecule has 0 saturated heterocycles. The lowest BCUT2D eigenvalue weighted by Crippen LogP contribution is -2.30. The number of urea groups is 1. The molecule has 1 heterocycles. The third-order valence-electron chi connectivity index (χ3n) is 5.06. The van der Waals surface area contributed by atoms with E-state index in [4.69, 9.17) is 4.74 Å². The van der Waals surface area contributed by atoms with Crippen LogP contribution in [0, 0.1) is 0 Å². The van der Waals surface area contributed by atoms with E-state index in [1.54, 1.807) is 42.2 Å². The van der Waals surface area contributed by atoms with Crippen molar-refractivity contribution in [2.75, 3.05) is 28.7 Å². The number of amides is 3. The summed E-state index contributed by atoms with van der Waals surface area (Å²) in [6.45, 7) is 4.47. The number of nitrogens with zero attached hydrogens (tertiary/aromatic N) is 1. The molecule has 3 amide bonds. The first-order chi connectivity index (χ1) is 16.0. The summed E-state index contributed by atoms with van der Waals surface area (Å²) >= 11 is 1.53. The van der Waals surface area contributed by atoms with Gasteiger partial charge < -0.3 is 20.3 Å². The molecule has 168 valence electrons. The minimum atomic E-state index is -0.433. The number of ether oxygens (including phenoxy) is 1. The molecule has 1 aliphatic rings. The molecule has 33 heavy (non-hydrogen) atoms. The SMILES string of the molecule is CCOC(=O)c1ccc(NC(=O)Nc2ccc3c(c2)N(CC)C(=O)c2ccccc2S3)cc1. The van der Waals surface area contributed by atoms with E-state index in [1.165, 1.54) is 11.8 Å². The number of fused-ring (bicyclic) bond motifs is 2. The van der Waals surface area contributed by atoms with Gasteiger partial charge in [0, 0.05) is 27.7 Å². The predicted molar refractivity (Wildman–Crippen MR) is 129 cm³/mol. The van der Waals surface area contributed by atoms with Gasteiger partial charge in [0.25, 0.3) is 5.91 Å². The fourth-order valence-corrected chi connectivity index (χ4v) is 4.57. The highest BCUT2D eigenvalue weighted by atomic mass is 32.2. The van der Waals surface area contributed by atoms with Crippen molar-refractivity contribution in [2.24, 2.45) is 0 Å². The third-order valence-corrected chi connectivity index (χ3v) is 6.20. The first-order valence-electron chi connectivity index (χ1n) is 10.6. The minimum Gasteiger partial charge on any atom is -0.462 e. The number of anilines is 3. The summed E-state index contributed by atoms with van der Waals surface area (Å²) in [5.41, 5.74) is 2.93. The molecule has 3 aromatic carbocycles. The van der Waals surface area contributed by atoms with Gasteiger partial charge in [0.1, 0.15) is 0 Å². The molecule has 0 aromatic heterocycles. The molecule has 3 aromatic rings. The highest BCUT2D eigenvalue weighted by Gasteiger charge is 2.26. The fourth-order valence-electron chi connectivity index (χ4n) is 3.51. The first-order valence-corrected chi connectivity index (χ1v) is 11.4. The normalized spacial score (nSPS) is 12.3. The molecule has 0 fully saturated rings. The van der Waals surface area contributed by atoms with Crippen molar-refractivity contribution in [3.05, 3.63) is 77.9 Å². The van der Waals surface area contributed by atoms with Crippen molar-refractivity contribution >= 4 is 46.7 Å². The molecular formula is C25H23N3O4S. The van der Waals surface area contributed by atoms with E-state index >= 15 is 0 Å². The highest BCUT2D eigenvalue weighted by molar-refractivity contribution is 7.99. The minimum absolute atomic E-state index is 0.0670. The van der Waals surface area contributed by atoms with Crippen LogP contribution in [0.1, 0.15) is 34.6 Å². The number of benzene rings is 3. The van der Waals surface area contributed by atoms with E-state index in [-0.39, 0.29) is 5.91 Å². The summed E-state index contributed by atoms with van der Waals surface area (Å²) in [5, 5.41) is 5.55. The van der Waals surface area contributed by atoms with Gasteiger partial charge in [-0.15, -0.1) is 0 Å². The first kappa shape index (κ1) is 22.4. The average molecular weight is 462 g/mol. The van der Waals surface area contributed by atoms with E-state index < -0.39 is 12.0 Å². The van der Waals surface area contributed by atoms with Crippen LogP contribution >= 0.6 is 11.8 Å². The van der Waals surface area contributed by atoms with Crippen molar-refractivity contribution in [1.82, 2.24) is 0 Å². The Kier molecular flexibility index (Phi) is 6.65. The summed E-state index contributed by atoms with van der Waals surface area (Å²) in [4.78, 5) is 41.0. The molecule has 1 aliphatic heterocycles. The molecule has 8 heteroatoms. The number of rotatable bonds is 5. The molecule has 0 atom stereocenters. The lowest BCUT2D eigenvalue weighted by atomic mass is 10.1. The summed E-state index contributed by atoms with van der Waals surface area (Å²) in [7, 11) is 0. The Balaban J connectivity index is 1.50. The monoisotopic (exact) mass is 461 g/mol. The van der Waals surface area contributed by atoms with Crippen molar-refractivity contribution in [3.8, 4) is 0 Å². The molecule has 0 saturated carbocycles. The summed E-state index contributed by atoms with van der Waals surface area (Å²) in [5.74, 6) is -0.476.